The van der Waals surface area contributed by atoms with Crippen molar-refractivity contribution in [2.45, 2.75) is 19.1 Å². The third-order valence-corrected chi connectivity index (χ3v) is 6.30. The molecule has 0 radical (unpaired) electrons. The summed E-state index contributed by atoms with van der Waals surface area (Å²) in [6, 6.07) is 9.64. The summed E-state index contributed by atoms with van der Waals surface area (Å²) in [6.45, 7) is 6.05. The Balaban J connectivity index is 1.33. The Hall–Kier alpha value is -3.33. The van der Waals surface area contributed by atoms with Crippen molar-refractivity contribution in [1.29, 1.82) is 0 Å². The first kappa shape index (κ1) is 20.6. The van der Waals surface area contributed by atoms with Crippen LogP contribution in [0.5, 0.6) is 5.75 Å². The fourth-order valence-electron chi connectivity index (χ4n) is 4.41. The van der Waals surface area contributed by atoms with Crippen molar-refractivity contribution in [3.8, 4) is 16.9 Å². The molecule has 168 valence electrons. The maximum atomic E-state index is 12.5. The molecule has 3 aliphatic rings. The number of cyclic esters (lactones) is 1. The number of nitrogens with one attached hydrogen (secondary N) is 1. The van der Waals surface area contributed by atoms with Crippen molar-refractivity contribution in [3.63, 3.8) is 0 Å². The second-order valence-corrected chi connectivity index (χ2v) is 8.49. The third-order valence-electron chi connectivity index (χ3n) is 6.30. The van der Waals surface area contributed by atoms with E-state index in [0.29, 0.717) is 18.0 Å². The summed E-state index contributed by atoms with van der Waals surface area (Å²) < 4.78 is 11.5. The molecule has 1 aromatic carbocycles. The van der Waals surface area contributed by atoms with Gasteiger partial charge >= 0.3 is 6.09 Å². The highest BCUT2D eigenvalue weighted by Gasteiger charge is 2.46. The van der Waals surface area contributed by atoms with Gasteiger partial charge in [-0.1, -0.05) is 6.07 Å². The molecule has 4 heterocycles. The number of nitrogens with zero attached hydrogens (tertiary/aromatic N) is 4. The van der Waals surface area contributed by atoms with Gasteiger partial charge in [0.15, 0.2) is 0 Å². The number of fused-ring (bicyclic) bond motifs is 3. The maximum absolute atomic E-state index is 12.5. The van der Waals surface area contributed by atoms with Crippen molar-refractivity contribution in [1.82, 2.24) is 15.2 Å². The summed E-state index contributed by atoms with van der Waals surface area (Å²) in [6.07, 6.45) is 1.03. The van der Waals surface area contributed by atoms with E-state index < -0.39 is 12.2 Å². The van der Waals surface area contributed by atoms with Crippen molar-refractivity contribution in [2.75, 3.05) is 56.2 Å². The summed E-state index contributed by atoms with van der Waals surface area (Å²) in [5, 5.41) is 2.71. The molecule has 0 spiro atoms. The van der Waals surface area contributed by atoms with Gasteiger partial charge in [0.05, 0.1) is 12.2 Å². The van der Waals surface area contributed by atoms with E-state index in [1.165, 1.54) is 6.92 Å². The smallest absolute Gasteiger partial charge is 0.415 e. The second-order valence-electron chi connectivity index (χ2n) is 8.49. The fourth-order valence-corrected chi connectivity index (χ4v) is 4.41. The number of amides is 2. The van der Waals surface area contributed by atoms with Crippen LogP contribution in [0.1, 0.15) is 6.92 Å². The fraction of sp³-hybridized carbons (Fsp3) is 0.435. The Bertz CT molecular complexity index is 1020. The number of hydrogen-bond donors (Lipinski definition) is 1. The quantitative estimate of drug-likeness (QED) is 0.779. The second kappa shape index (κ2) is 8.31. The highest BCUT2D eigenvalue weighted by Crippen LogP contribution is 2.41. The number of hydrogen-bond acceptors (Lipinski definition) is 7. The van der Waals surface area contributed by atoms with Gasteiger partial charge in [-0.2, -0.15) is 0 Å². The normalized spacial score (nSPS) is 22.6. The van der Waals surface area contributed by atoms with Crippen LogP contribution in [-0.2, 0) is 9.53 Å². The molecule has 9 heteroatoms. The van der Waals surface area contributed by atoms with E-state index >= 15 is 0 Å². The summed E-state index contributed by atoms with van der Waals surface area (Å²) in [5.74, 6) is 1.47. The van der Waals surface area contributed by atoms with Crippen molar-refractivity contribution >= 4 is 23.5 Å². The summed E-state index contributed by atoms with van der Waals surface area (Å²) in [4.78, 5) is 34.7. The van der Waals surface area contributed by atoms with E-state index in [-0.39, 0.29) is 18.5 Å². The molecule has 2 amide bonds. The predicted molar refractivity (Wildman–Crippen MR) is 120 cm³/mol. The lowest BCUT2D eigenvalue weighted by Gasteiger charge is -2.33. The number of anilines is 2. The Morgan fingerprint density at radius 3 is 2.66 bits per heavy atom. The average Bonchev–Trinajstić information content (AvgIpc) is 3.14. The average molecular weight is 438 g/mol. The number of carbonyl (C=O) groups is 2. The molecule has 32 heavy (non-hydrogen) atoms. The molecule has 0 aliphatic carbocycles. The highest BCUT2D eigenvalue weighted by atomic mass is 16.6. The van der Waals surface area contributed by atoms with Crippen LogP contribution in [0.4, 0.5) is 16.3 Å². The molecular weight excluding hydrogens is 410 g/mol. The van der Waals surface area contributed by atoms with Crippen LogP contribution in [0.2, 0.25) is 0 Å². The van der Waals surface area contributed by atoms with Gasteiger partial charge in [-0.3, -0.25) is 9.69 Å². The van der Waals surface area contributed by atoms with Crippen LogP contribution >= 0.6 is 0 Å². The number of benzene rings is 1. The first-order valence-corrected chi connectivity index (χ1v) is 10.9. The van der Waals surface area contributed by atoms with Gasteiger partial charge in [0.25, 0.3) is 0 Å². The zero-order valence-electron chi connectivity index (χ0n) is 18.3. The van der Waals surface area contributed by atoms with E-state index in [1.54, 1.807) is 4.90 Å². The molecule has 9 nitrogen and oxygen atoms in total. The van der Waals surface area contributed by atoms with Gasteiger partial charge in [0, 0.05) is 44.9 Å². The molecule has 2 fully saturated rings. The zero-order chi connectivity index (χ0) is 22.2. The third kappa shape index (κ3) is 3.84. The molecule has 5 rings (SSSR count). The Morgan fingerprint density at radius 1 is 1.16 bits per heavy atom. The number of aromatic nitrogens is 1. The number of likely N-dealkylation sites (N-methyl/N-ethyl adjacent to an activating group) is 1. The molecule has 0 saturated carbocycles. The van der Waals surface area contributed by atoms with E-state index in [0.717, 1.165) is 43.1 Å². The van der Waals surface area contributed by atoms with Crippen LogP contribution in [-0.4, -0.2) is 80.4 Å². The zero-order valence-corrected chi connectivity index (χ0v) is 18.3. The Labute approximate surface area is 186 Å². The maximum Gasteiger partial charge on any atom is 0.415 e. The van der Waals surface area contributed by atoms with Crippen molar-refractivity contribution < 1.29 is 19.1 Å². The molecule has 1 N–H and O–H groups in total. The van der Waals surface area contributed by atoms with Gasteiger partial charge in [0.1, 0.15) is 30.3 Å². The molecule has 2 aromatic rings. The van der Waals surface area contributed by atoms with Gasteiger partial charge in [-0.05, 0) is 36.9 Å². The lowest BCUT2D eigenvalue weighted by Crippen LogP contribution is -2.47. The number of rotatable bonds is 4. The minimum absolute atomic E-state index is 0.159. The largest absolute Gasteiger partial charge is 0.489 e. The van der Waals surface area contributed by atoms with E-state index in [4.69, 9.17) is 9.47 Å². The number of pyridine rings is 1. The molecule has 1 aromatic heterocycles. The SMILES string of the molecule is CC(=O)NC[C@@H]1OC(=O)N2c3ccc(-c4ccc(N5CCN(C)CC5)nc4)cc3OC[C@@H]12. The lowest BCUT2D eigenvalue weighted by atomic mass is 10.0. The molecule has 0 bridgehead atoms. The first-order valence-electron chi connectivity index (χ1n) is 10.9. The molecule has 2 atom stereocenters. The summed E-state index contributed by atoms with van der Waals surface area (Å²) in [7, 11) is 2.14. The van der Waals surface area contributed by atoms with Crippen LogP contribution in [0.25, 0.3) is 11.1 Å². The highest BCUT2D eigenvalue weighted by molar-refractivity contribution is 5.94. The van der Waals surface area contributed by atoms with Crippen LogP contribution in [0.15, 0.2) is 36.5 Å². The van der Waals surface area contributed by atoms with Crippen molar-refractivity contribution in [3.05, 3.63) is 36.5 Å². The van der Waals surface area contributed by atoms with E-state index in [1.807, 2.05) is 24.4 Å². The topological polar surface area (TPSA) is 87.2 Å². The standard InChI is InChI=1S/C23H27N5O4/c1-15(29)24-13-21-19-14-31-20-11-16(3-5-18(20)28(19)23(30)32-21)17-4-6-22(25-12-17)27-9-7-26(2)8-10-27/h3-6,11-12,19,21H,7-10,13-14H2,1-2H3,(H,24,29)/t19-,21-/m0/s1. The number of carbonyl (C=O) groups excluding carboxylic acids is 2. The summed E-state index contributed by atoms with van der Waals surface area (Å²) in [5.41, 5.74) is 2.65. The van der Waals surface area contributed by atoms with Gasteiger partial charge in [-0.25, -0.2) is 9.78 Å². The molecule has 0 unspecified atom stereocenters. The molecular formula is C23H27N5O4. The first-order chi connectivity index (χ1) is 15.5. The van der Waals surface area contributed by atoms with E-state index in [2.05, 4.69) is 39.3 Å². The van der Waals surface area contributed by atoms with Crippen molar-refractivity contribution in [2.24, 2.45) is 0 Å². The lowest BCUT2D eigenvalue weighted by molar-refractivity contribution is -0.119. The van der Waals surface area contributed by atoms with Gasteiger partial charge in [-0.15, -0.1) is 0 Å². The monoisotopic (exact) mass is 437 g/mol. The van der Waals surface area contributed by atoms with Crippen LogP contribution in [0, 0.1) is 0 Å². The predicted octanol–water partition coefficient (Wildman–Crippen LogP) is 1.72. The van der Waals surface area contributed by atoms with Gasteiger partial charge in [0.2, 0.25) is 5.91 Å². The Morgan fingerprint density at radius 2 is 1.94 bits per heavy atom. The number of piperazine rings is 1. The minimum atomic E-state index is -0.439. The number of ether oxygens (including phenoxy) is 2. The van der Waals surface area contributed by atoms with Crippen LogP contribution < -0.4 is 19.9 Å². The summed E-state index contributed by atoms with van der Waals surface area (Å²) >= 11 is 0. The van der Waals surface area contributed by atoms with Crippen LogP contribution in [0.3, 0.4) is 0 Å². The Kier molecular flexibility index (Phi) is 5.34. The van der Waals surface area contributed by atoms with E-state index in [9.17, 15) is 9.59 Å². The molecule has 2 saturated heterocycles. The molecule has 3 aliphatic heterocycles. The minimum Gasteiger partial charge on any atom is -0.489 e. The van der Waals surface area contributed by atoms with Gasteiger partial charge < -0.3 is 24.6 Å².